The first-order valence-corrected chi connectivity index (χ1v) is 5.67. The number of pyridine rings is 1. The van der Waals surface area contributed by atoms with E-state index in [0.717, 1.165) is 6.20 Å². The van der Waals surface area contributed by atoms with Crippen LogP contribution in [0.4, 0.5) is 8.78 Å². The fourth-order valence-electron chi connectivity index (χ4n) is 1.18. The van der Waals surface area contributed by atoms with Gasteiger partial charge in [-0.15, -0.1) is 0 Å². The van der Waals surface area contributed by atoms with Crippen LogP contribution >= 0.6 is 22.6 Å². The van der Waals surface area contributed by atoms with E-state index < -0.39 is 12.4 Å². The average molecular weight is 341 g/mol. The molecule has 0 atom stereocenters. The molecule has 0 spiro atoms. The zero-order chi connectivity index (χ0) is 12.3. The molecule has 1 aromatic heterocycles. The van der Waals surface area contributed by atoms with E-state index in [1.807, 2.05) is 0 Å². The van der Waals surface area contributed by atoms with Crippen LogP contribution in [0, 0.1) is 10.5 Å². The number of nitrogens with zero attached hydrogens (tertiary/aromatic N) is 1. The molecule has 0 fully saturated rings. The number of ether oxygens (including phenoxy) is 1. The van der Waals surface area contributed by atoms with Crippen LogP contribution in [0.2, 0.25) is 0 Å². The number of alkyl halides is 2. The molecule has 0 saturated heterocycles. The van der Waals surface area contributed by atoms with Crippen LogP contribution in [-0.4, -0.2) is 17.6 Å². The van der Waals surface area contributed by atoms with E-state index in [2.05, 4.69) is 4.98 Å². The lowest BCUT2D eigenvalue weighted by Crippen LogP contribution is -2.12. The number of aryl methyl sites for hydroxylation is 1. The number of hydrogen-bond donors (Lipinski definition) is 0. The van der Waals surface area contributed by atoms with Crippen molar-refractivity contribution in [1.29, 1.82) is 0 Å². The molecular formula is C10H10F2INO2. The standard InChI is InChI=1S/C10H10F2INO2/c1-3-16-10(15)7-5(2)14-4-6(8(7)13)9(11)12/h4,9H,3H2,1-2H3. The summed E-state index contributed by atoms with van der Waals surface area (Å²) < 4.78 is 30.2. The van der Waals surface area contributed by atoms with Crippen molar-refractivity contribution < 1.29 is 18.3 Å². The van der Waals surface area contributed by atoms with Gasteiger partial charge in [0.1, 0.15) is 0 Å². The molecule has 0 N–H and O–H groups in total. The minimum atomic E-state index is -2.65. The van der Waals surface area contributed by atoms with Gasteiger partial charge in [0.05, 0.1) is 23.4 Å². The normalized spacial score (nSPS) is 10.6. The molecule has 0 aliphatic heterocycles. The molecule has 0 radical (unpaired) electrons. The van der Waals surface area contributed by atoms with E-state index in [9.17, 15) is 13.6 Å². The Morgan fingerprint density at radius 3 is 2.75 bits per heavy atom. The van der Waals surface area contributed by atoms with Gasteiger partial charge in [-0.1, -0.05) is 0 Å². The molecule has 1 heterocycles. The van der Waals surface area contributed by atoms with Crippen LogP contribution in [0.5, 0.6) is 0 Å². The van der Waals surface area contributed by atoms with Gasteiger partial charge in [-0.3, -0.25) is 4.98 Å². The van der Waals surface area contributed by atoms with Crippen LogP contribution in [-0.2, 0) is 4.74 Å². The first-order chi connectivity index (χ1) is 7.49. The summed E-state index contributed by atoms with van der Waals surface area (Å²) in [7, 11) is 0. The number of halogens is 3. The maximum absolute atomic E-state index is 12.6. The van der Waals surface area contributed by atoms with E-state index in [1.165, 1.54) is 0 Å². The lowest BCUT2D eigenvalue weighted by atomic mass is 10.1. The Bertz CT molecular complexity index is 410. The molecule has 88 valence electrons. The number of carbonyl (C=O) groups is 1. The minimum absolute atomic E-state index is 0.125. The van der Waals surface area contributed by atoms with E-state index in [0.29, 0.717) is 5.69 Å². The molecule has 0 aromatic carbocycles. The second-order valence-electron chi connectivity index (χ2n) is 3.01. The van der Waals surface area contributed by atoms with Gasteiger partial charge in [0.25, 0.3) is 6.43 Å². The molecule has 0 bridgehead atoms. The molecule has 0 aliphatic carbocycles. The zero-order valence-electron chi connectivity index (χ0n) is 8.76. The molecule has 0 saturated carbocycles. The Morgan fingerprint density at radius 2 is 2.25 bits per heavy atom. The highest BCUT2D eigenvalue weighted by molar-refractivity contribution is 14.1. The second-order valence-corrected chi connectivity index (χ2v) is 4.09. The molecule has 6 heteroatoms. The summed E-state index contributed by atoms with van der Waals surface area (Å²) in [6, 6.07) is 0. The number of rotatable bonds is 3. The van der Waals surface area contributed by atoms with Gasteiger partial charge < -0.3 is 4.74 Å². The van der Waals surface area contributed by atoms with Gasteiger partial charge >= 0.3 is 5.97 Å². The third kappa shape index (κ3) is 2.66. The first kappa shape index (κ1) is 13.3. The van der Waals surface area contributed by atoms with Crippen molar-refractivity contribution in [2.24, 2.45) is 0 Å². The summed E-state index contributed by atoms with van der Waals surface area (Å²) in [6.45, 7) is 3.45. The summed E-state index contributed by atoms with van der Waals surface area (Å²) in [4.78, 5) is 15.3. The number of hydrogen-bond acceptors (Lipinski definition) is 3. The van der Waals surface area contributed by atoms with Gasteiger partial charge in [0.15, 0.2) is 0 Å². The summed E-state index contributed by atoms with van der Waals surface area (Å²) >= 11 is 1.72. The number of carbonyl (C=O) groups excluding carboxylic acids is 1. The number of aromatic nitrogens is 1. The monoisotopic (exact) mass is 341 g/mol. The fourth-order valence-corrected chi connectivity index (χ4v) is 2.17. The van der Waals surface area contributed by atoms with Crippen molar-refractivity contribution >= 4 is 28.6 Å². The fraction of sp³-hybridized carbons (Fsp3) is 0.400. The van der Waals surface area contributed by atoms with Crippen LogP contribution in [0.25, 0.3) is 0 Å². The Balaban J connectivity index is 3.26. The highest BCUT2D eigenvalue weighted by atomic mass is 127. The van der Waals surface area contributed by atoms with Gasteiger partial charge in [0, 0.05) is 9.77 Å². The van der Waals surface area contributed by atoms with Crippen molar-refractivity contribution in [2.45, 2.75) is 20.3 Å². The Morgan fingerprint density at radius 1 is 1.62 bits per heavy atom. The molecule has 1 aromatic rings. The molecule has 16 heavy (non-hydrogen) atoms. The van der Waals surface area contributed by atoms with E-state index in [1.54, 1.807) is 36.4 Å². The third-order valence-corrected chi connectivity index (χ3v) is 3.11. The van der Waals surface area contributed by atoms with Crippen LogP contribution in [0.1, 0.15) is 35.0 Å². The van der Waals surface area contributed by atoms with Gasteiger partial charge in [0.2, 0.25) is 0 Å². The Labute approximate surface area is 105 Å². The molecule has 0 amide bonds. The highest BCUT2D eigenvalue weighted by Crippen LogP contribution is 2.27. The maximum Gasteiger partial charge on any atom is 0.341 e. The predicted molar refractivity (Wildman–Crippen MR) is 62.6 cm³/mol. The highest BCUT2D eigenvalue weighted by Gasteiger charge is 2.22. The minimum Gasteiger partial charge on any atom is -0.462 e. The first-order valence-electron chi connectivity index (χ1n) is 4.59. The van der Waals surface area contributed by atoms with E-state index >= 15 is 0 Å². The summed E-state index contributed by atoms with van der Waals surface area (Å²) in [6.07, 6.45) is -1.56. The van der Waals surface area contributed by atoms with Crippen molar-refractivity contribution in [2.75, 3.05) is 6.61 Å². The largest absolute Gasteiger partial charge is 0.462 e. The maximum atomic E-state index is 12.6. The van der Waals surface area contributed by atoms with E-state index in [-0.39, 0.29) is 21.3 Å². The van der Waals surface area contributed by atoms with Crippen molar-refractivity contribution in [3.63, 3.8) is 0 Å². The Hall–Kier alpha value is -0.790. The second kappa shape index (κ2) is 5.51. The quantitative estimate of drug-likeness (QED) is 0.627. The third-order valence-electron chi connectivity index (χ3n) is 1.95. The summed E-state index contributed by atoms with van der Waals surface area (Å²) in [5.74, 6) is -0.612. The van der Waals surface area contributed by atoms with Gasteiger partial charge in [-0.2, -0.15) is 0 Å². The van der Waals surface area contributed by atoms with Crippen molar-refractivity contribution in [3.8, 4) is 0 Å². The van der Waals surface area contributed by atoms with Gasteiger partial charge in [-0.25, -0.2) is 13.6 Å². The van der Waals surface area contributed by atoms with Crippen LogP contribution in [0.15, 0.2) is 6.20 Å². The van der Waals surface area contributed by atoms with Crippen molar-refractivity contribution in [3.05, 3.63) is 26.6 Å². The summed E-state index contributed by atoms with van der Waals surface area (Å²) in [5, 5.41) is 0. The van der Waals surface area contributed by atoms with Gasteiger partial charge in [-0.05, 0) is 36.4 Å². The molecule has 0 aliphatic rings. The lowest BCUT2D eigenvalue weighted by Gasteiger charge is -2.10. The molecular weight excluding hydrogens is 331 g/mol. The summed E-state index contributed by atoms with van der Waals surface area (Å²) in [5.41, 5.74) is 0.279. The average Bonchev–Trinajstić information content (AvgIpc) is 2.17. The topological polar surface area (TPSA) is 39.2 Å². The SMILES string of the molecule is CCOC(=O)c1c(C)ncc(C(F)F)c1I. The molecule has 0 unspecified atom stereocenters. The lowest BCUT2D eigenvalue weighted by molar-refractivity contribution is 0.0523. The molecule has 3 nitrogen and oxygen atoms in total. The van der Waals surface area contributed by atoms with Crippen LogP contribution in [0.3, 0.4) is 0 Å². The van der Waals surface area contributed by atoms with Crippen LogP contribution < -0.4 is 0 Å². The smallest absolute Gasteiger partial charge is 0.341 e. The Kier molecular flexibility index (Phi) is 4.57. The van der Waals surface area contributed by atoms with E-state index in [4.69, 9.17) is 4.74 Å². The number of esters is 1. The molecule has 1 rings (SSSR count). The predicted octanol–water partition coefficient (Wildman–Crippen LogP) is 3.11. The van der Waals surface area contributed by atoms with Crippen molar-refractivity contribution in [1.82, 2.24) is 4.98 Å². The zero-order valence-corrected chi connectivity index (χ0v) is 10.9.